The van der Waals surface area contributed by atoms with Crippen molar-refractivity contribution in [2.75, 3.05) is 5.32 Å². The van der Waals surface area contributed by atoms with Gasteiger partial charge in [-0.05, 0) is 46.5 Å². The number of rotatable bonds is 2. The Hall–Kier alpha value is -2.61. The summed E-state index contributed by atoms with van der Waals surface area (Å²) in [4.78, 5) is 0. The molecule has 0 aromatic heterocycles. The van der Waals surface area contributed by atoms with Gasteiger partial charge >= 0.3 is 0 Å². The number of hydrogen-bond acceptors (Lipinski definition) is 1. The topological polar surface area (TPSA) is 12.0 Å². The number of hydrogen-bond donors (Lipinski definition) is 1. The zero-order chi connectivity index (χ0) is 16.0. The normalized spacial score (nSPS) is 14.2. The Balaban J connectivity index is 1.79. The van der Waals surface area contributed by atoms with Crippen LogP contribution in [0.25, 0.3) is 11.1 Å². The van der Waals surface area contributed by atoms with Gasteiger partial charge in [0.05, 0.1) is 5.69 Å². The van der Waals surface area contributed by atoms with Crippen molar-refractivity contribution < 1.29 is 4.39 Å². The lowest BCUT2D eigenvalue weighted by atomic mass is 9.82. The van der Waals surface area contributed by atoms with Crippen LogP contribution in [-0.2, 0) is 5.41 Å². The van der Waals surface area contributed by atoms with Gasteiger partial charge in [-0.15, -0.1) is 0 Å². The molecule has 0 aliphatic heterocycles. The maximum Gasteiger partial charge on any atom is 0.146 e. The summed E-state index contributed by atoms with van der Waals surface area (Å²) in [6.45, 7) is 4.48. The van der Waals surface area contributed by atoms with Gasteiger partial charge in [0.15, 0.2) is 0 Å². The molecule has 0 unspecified atom stereocenters. The average Bonchev–Trinajstić information content (AvgIpc) is 2.78. The maximum atomic E-state index is 13.9. The lowest BCUT2D eigenvalue weighted by Crippen LogP contribution is -2.15. The molecule has 114 valence electrons. The number of benzene rings is 3. The van der Waals surface area contributed by atoms with E-state index < -0.39 is 0 Å². The van der Waals surface area contributed by atoms with E-state index in [0.29, 0.717) is 5.69 Å². The molecule has 2 heteroatoms. The van der Waals surface area contributed by atoms with Crippen LogP contribution in [0.3, 0.4) is 0 Å². The Morgan fingerprint density at radius 2 is 1.48 bits per heavy atom. The van der Waals surface area contributed by atoms with Crippen LogP contribution >= 0.6 is 0 Å². The summed E-state index contributed by atoms with van der Waals surface area (Å²) in [5, 5.41) is 3.19. The Morgan fingerprint density at radius 1 is 0.783 bits per heavy atom. The summed E-state index contributed by atoms with van der Waals surface area (Å²) in [5.41, 5.74) is 6.56. The molecule has 1 nitrogen and oxygen atoms in total. The van der Waals surface area contributed by atoms with E-state index in [2.05, 4.69) is 55.6 Å². The molecule has 0 amide bonds. The van der Waals surface area contributed by atoms with Crippen LogP contribution in [0.4, 0.5) is 15.8 Å². The van der Waals surface area contributed by atoms with E-state index in [1.54, 1.807) is 12.1 Å². The molecule has 3 aromatic carbocycles. The molecule has 1 N–H and O–H groups in total. The Morgan fingerprint density at radius 3 is 2.30 bits per heavy atom. The SMILES string of the molecule is CC1(C)c2ccccc2-c2ccc(Nc3ccccc3F)cc21. The Kier molecular flexibility index (Phi) is 3.02. The quantitative estimate of drug-likeness (QED) is 0.623. The molecule has 0 bridgehead atoms. The van der Waals surface area contributed by atoms with Gasteiger partial charge in [-0.2, -0.15) is 0 Å². The number of fused-ring (bicyclic) bond motifs is 3. The molecule has 0 heterocycles. The third-order valence-corrected chi connectivity index (χ3v) is 4.74. The smallest absolute Gasteiger partial charge is 0.146 e. The van der Waals surface area contributed by atoms with Crippen molar-refractivity contribution >= 4 is 11.4 Å². The summed E-state index contributed by atoms with van der Waals surface area (Å²) < 4.78 is 13.9. The molecule has 0 atom stereocenters. The van der Waals surface area contributed by atoms with Crippen LogP contribution in [0.1, 0.15) is 25.0 Å². The van der Waals surface area contributed by atoms with E-state index in [-0.39, 0.29) is 11.2 Å². The standard InChI is InChI=1S/C21H18FN/c1-21(2)17-8-4-3-7-15(17)16-12-11-14(13-18(16)21)23-20-10-6-5-9-19(20)22/h3-13,23H,1-2H3. The largest absolute Gasteiger partial charge is 0.353 e. The molecule has 1 aliphatic rings. The summed E-state index contributed by atoms with van der Waals surface area (Å²) in [5.74, 6) is -0.240. The molecule has 0 saturated carbocycles. The molecule has 0 spiro atoms. The second-order valence-electron chi connectivity index (χ2n) is 6.54. The van der Waals surface area contributed by atoms with Gasteiger partial charge in [-0.1, -0.05) is 56.3 Å². The third-order valence-electron chi connectivity index (χ3n) is 4.74. The van der Waals surface area contributed by atoms with Crippen LogP contribution in [0.15, 0.2) is 66.7 Å². The lowest BCUT2D eigenvalue weighted by molar-refractivity contribution is 0.632. The maximum absolute atomic E-state index is 13.9. The number of anilines is 2. The number of nitrogens with one attached hydrogen (secondary N) is 1. The number of para-hydroxylation sites is 1. The first-order valence-corrected chi connectivity index (χ1v) is 7.83. The van der Waals surface area contributed by atoms with E-state index >= 15 is 0 Å². The summed E-state index contributed by atoms with van der Waals surface area (Å²) in [7, 11) is 0. The molecule has 1 aliphatic carbocycles. The van der Waals surface area contributed by atoms with E-state index in [1.165, 1.54) is 28.3 Å². The van der Waals surface area contributed by atoms with Crippen LogP contribution in [0.5, 0.6) is 0 Å². The third kappa shape index (κ3) is 2.14. The minimum Gasteiger partial charge on any atom is -0.353 e. The second kappa shape index (κ2) is 4.95. The van der Waals surface area contributed by atoms with Crippen LogP contribution in [-0.4, -0.2) is 0 Å². The highest BCUT2D eigenvalue weighted by molar-refractivity contribution is 5.82. The van der Waals surface area contributed by atoms with Crippen molar-refractivity contribution in [2.45, 2.75) is 19.3 Å². The molecule has 0 saturated heterocycles. The van der Waals surface area contributed by atoms with Gasteiger partial charge in [0, 0.05) is 11.1 Å². The highest BCUT2D eigenvalue weighted by atomic mass is 19.1. The zero-order valence-corrected chi connectivity index (χ0v) is 13.2. The van der Waals surface area contributed by atoms with Crippen LogP contribution in [0.2, 0.25) is 0 Å². The van der Waals surface area contributed by atoms with Crippen molar-refractivity contribution in [3.63, 3.8) is 0 Å². The molecule has 23 heavy (non-hydrogen) atoms. The first kappa shape index (κ1) is 14.0. The van der Waals surface area contributed by atoms with Crippen molar-refractivity contribution in [3.8, 4) is 11.1 Å². The Bertz CT molecular complexity index is 896. The molecule has 0 fully saturated rings. The van der Waals surface area contributed by atoms with Gasteiger partial charge in [-0.25, -0.2) is 4.39 Å². The van der Waals surface area contributed by atoms with Crippen molar-refractivity contribution in [1.82, 2.24) is 0 Å². The second-order valence-corrected chi connectivity index (χ2v) is 6.54. The predicted molar refractivity (Wildman–Crippen MR) is 93.7 cm³/mol. The summed E-state index contributed by atoms with van der Waals surface area (Å²) >= 11 is 0. The van der Waals surface area contributed by atoms with E-state index in [9.17, 15) is 4.39 Å². The monoisotopic (exact) mass is 303 g/mol. The lowest BCUT2D eigenvalue weighted by Gasteiger charge is -2.22. The fourth-order valence-electron chi connectivity index (χ4n) is 3.50. The van der Waals surface area contributed by atoms with Gasteiger partial charge in [0.25, 0.3) is 0 Å². The fraction of sp³-hybridized carbons (Fsp3) is 0.143. The first-order chi connectivity index (χ1) is 11.1. The van der Waals surface area contributed by atoms with E-state index in [4.69, 9.17) is 0 Å². The van der Waals surface area contributed by atoms with E-state index in [0.717, 1.165) is 5.69 Å². The minimum absolute atomic E-state index is 0.0428. The van der Waals surface area contributed by atoms with Crippen molar-refractivity contribution in [1.29, 1.82) is 0 Å². The van der Waals surface area contributed by atoms with E-state index in [1.807, 2.05) is 12.1 Å². The van der Waals surface area contributed by atoms with Crippen molar-refractivity contribution in [3.05, 3.63) is 83.7 Å². The van der Waals surface area contributed by atoms with Crippen LogP contribution in [0, 0.1) is 5.82 Å². The minimum atomic E-state index is -0.240. The molecule has 3 aromatic rings. The summed E-state index contributed by atoms with van der Waals surface area (Å²) in [6, 6.07) is 21.6. The van der Waals surface area contributed by atoms with Gasteiger partial charge in [0.1, 0.15) is 5.82 Å². The first-order valence-electron chi connectivity index (χ1n) is 7.83. The Labute approximate surface area is 135 Å². The number of halogens is 1. The average molecular weight is 303 g/mol. The highest BCUT2D eigenvalue weighted by Gasteiger charge is 2.35. The molecular weight excluding hydrogens is 285 g/mol. The zero-order valence-electron chi connectivity index (χ0n) is 13.2. The van der Waals surface area contributed by atoms with Crippen molar-refractivity contribution in [2.24, 2.45) is 0 Å². The molecule has 4 rings (SSSR count). The highest BCUT2D eigenvalue weighted by Crippen LogP contribution is 2.49. The molecule has 0 radical (unpaired) electrons. The predicted octanol–water partition coefficient (Wildman–Crippen LogP) is 5.88. The van der Waals surface area contributed by atoms with Gasteiger partial charge in [0.2, 0.25) is 0 Å². The van der Waals surface area contributed by atoms with Gasteiger partial charge < -0.3 is 5.32 Å². The summed E-state index contributed by atoms with van der Waals surface area (Å²) in [6.07, 6.45) is 0. The van der Waals surface area contributed by atoms with Gasteiger partial charge in [-0.3, -0.25) is 0 Å². The fourth-order valence-corrected chi connectivity index (χ4v) is 3.50. The van der Waals surface area contributed by atoms with Crippen LogP contribution < -0.4 is 5.32 Å². The molecular formula is C21H18FN.